The summed E-state index contributed by atoms with van der Waals surface area (Å²) in [4.78, 5) is 13.4. The van der Waals surface area contributed by atoms with Crippen molar-refractivity contribution in [2.75, 3.05) is 0 Å². The van der Waals surface area contributed by atoms with Crippen LogP contribution in [0.1, 0.15) is 48.2 Å². The topological polar surface area (TPSA) is 29.1 Å². The molecule has 108 valence electrons. The Hall–Kier alpha value is 0.130. The molecule has 4 fully saturated rings. The summed E-state index contributed by atoms with van der Waals surface area (Å²) in [5.74, 6) is 2.71. The molecule has 4 aliphatic rings. The van der Waals surface area contributed by atoms with Gasteiger partial charge in [-0.2, -0.15) is 0 Å². The Kier molecular flexibility index (Phi) is 3.32. The normalized spacial score (nSPS) is 38.2. The molecule has 0 unspecified atom stereocenters. The molecule has 0 atom stereocenters. The highest BCUT2D eigenvalue weighted by molar-refractivity contribution is 9.13. The summed E-state index contributed by atoms with van der Waals surface area (Å²) in [6.45, 7) is 0. The van der Waals surface area contributed by atoms with Gasteiger partial charge in [0.15, 0.2) is 0 Å². The van der Waals surface area contributed by atoms with Gasteiger partial charge >= 0.3 is 0 Å². The average molecular weight is 419 g/mol. The zero-order valence-electron chi connectivity index (χ0n) is 11.1. The Morgan fingerprint density at radius 2 is 1.70 bits per heavy atom. The second-order valence-corrected chi connectivity index (χ2v) is 10.1. The van der Waals surface area contributed by atoms with Crippen molar-refractivity contribution in [1.29, 1.82) is 0 Å². The van der Waals surface area contributed by atoms with Crippen molar-refractivity contribution >= 4 is 49.1 Å². The molecule has 4 saturated carbocycles. The predicted molar refractivity (Wildman–Crippen MR) is 88.1 cm³/mol. The number of nitrogens with one attached hydrogen (secondary N) is 1. The van der Waals surface area contributed by atoms with Gasteiger partial charge in [0.25, 0.3) is 5.91 Å². The number of thiophene rings is 1. The van der Waals surface area contributed by atoms with E-state index in [1.54, 1.807) is 0 Å². The van der Waals surface area contributed by atoms with Gasteiger partial charge in [0, 0.05) is 10.0 Å². The monoisotopic (exact) mass is 417 g/mol. The first kappa shape index (κ1) is 13.8. The van der Waals surface area contributed by atoms with Crippen LogP contribution in [-0.2, 0) is 0 Å². The van der Waals surface area contributed by atoms with E-state index in [2.05, 4.69) is 37.2 Å². The molecule has 2 nitrogen and oxygen atoms in total. The third-order valence-corrected chi connectivity index (χ3v) is 8.54. The predicted octanol–water partition coefficient (Wildman–Crippen LogP) is 4.97. The van der Waals surface area contributed by atoms with Crippen LogP contribution in [0.3, 0.4) is 0 Å². The van der Waals surface area contributed by atoms with E-state index in [9.17, 15) is 4.79 Å². The molecule has 1 heterocycles. The maximum absolute atomic E-state index is 12.6. The number of carbonyl (C=O) groups is 1. The zero-order valence-corrected chi connectivity index (χ0v) is 15.1. The maximum atomic E-state index is 12.6. The first-order chi connectivity index (χ1) is 9.53. The number of amides is 1. The second-order valence-electron chi connectivity index (χ2n) is 6.88. The Morgan fingerprint density at radius 3 is 2.15 bits per heavy atom. The van der Waals surface area contributed by atoms with Gasteiger partial charge < -0.3 is 5.32 Å². The quantitative estimate of drug-likeness (QED) is 0.721. The highest BCUT2D eigenvalue weighted by Crippen LogP contribution is 2.55. The molecule has 0 aliphatic heterocycles. The van der Waals surface area contributed by atoms with Crippen molar-refractivity contribution < 1.29 is 4.79 Å². The largest absolute Gasteiger partial charge is 0.346 e. The molecule has 4 aliphatic carbocycles. The molecular weight excluding hydrogens is 402 g/mol. The van der Waals surface area contributed by atoms with Crippen LogP contribution in [0.15, 0.2) is 14.3 Å². The molecule has 1 amide bonds. The van der Waals surface area contributed by atoms with E-state index in [1.807, 2.05) is 6.07 Å². The van der Waals surface area contributed by atoms with Crippen molar-refractivity contribution in [3.05, 3.63) is 19.2 Å². The first-order valence-corrected chi connectivity index (χ1v) is 9.71. The second kappa shape index (κ2) is 4.82. The van der Waals surface area contributed by atoms with Crippen LogP contribution in [0.25, 0.3) is 0 Å². The molecule has 5 heteroatoms. The van der Waals surface area contributed by atoms with Crippen LogP contribution >= 0.6 is 43.2 Å². The van der Waals surface area contributed by atoms with Gasteiger partial charge in [0.2, 0.25) is 0 Å². The van der Waals surface area contributed by atoms with Crippen LogP contribution in [0.5, 0.6) is 0 Å². The molecular formula is C15H17Br2NOS. The maximum Gasteiger partial charge on any atom is 0.261 e. The number of rotatable bonds is 2. The van der Waals surface area contributed by atoms with E-state index in [-0.39, 0.29) is 11.4 Å². The van der Waals surface area contributed by atoms with Crippen LogP contribution in [-0.4, -0.2) is 11.4 Å². The third-order valence-electron chi connectivity index (χ3n) is 5.29. The Labute approximate surface area is 140 Å². The van der Waals surface area contributed by atoms with E-state index >= 15 is 0 Å². The summed E-state index contributed by atoms with van der Waals surface area (Å²) in [5.41, 5.74) is 0.106. The lowest BCUT2D eigenvalue weighted by atomic mass is 9.53. The van der Waals surface area contributed by atoms with Gasteiger partial charge in [-0.15, -0.1) is 11.3 Å². The highest BCUT2D eigenvalue weighted by atomic mass is 79.9. The van der Waals surface area contributed by atoms with E-state index < -0.39 is 0 Å². The van der Waals surface area contributed by atoms with Gasteiger partial charge in [0.1, 0.15) is 0 Å². The molecule has 0 radical (unpaired) electrons. The lowest BCUT2D eigenvalue weighted by Crippen LogP contribution is -2.59. The fraction of sp³-hybridized carbons (Fsp3) is 0.667. The van der Waals surface area contributed by atoms with Crippen LogP contribution in [0.2, 0.25) is 0 Å². The van der Waals surface area contributed by atoms with Crippen LogP contribution < -0.4 is 5.32 Å². The van der Waals surface area contributed by atoms with E-state index in [0.29, 0.717) is 0 Å². The molecule has 1 aromatic heterocycles. The number of halogens is 2. The molecule has 0 saturated heterocycles. The molecule has 5 rings (SSSR count). The minimum absolute atomic E-state index is 0.106. The minimum Gasteiger partial charge on any atom is -0.346 e. The van der Waals surface area contributed by atoms with Crippen molar-refractivity contribution in [1.82, 2.24) is 5.32 Å². The number of carbonyl (C=O) groups excluding carboxylic acids is 1. The summed E-state index contributed by atoms with van der Waals surface area (Å²) in [6.07, 6.45) is 7.84. The first-order valence-electron chi connectivity index (χ1n) is 7.30. The summed E-state index contributed by atoms with van der Waals surface area (Å²) in [5, 5.41) is 3.41. The SMILES string of the molecule is O=C(NC12CC3CC(CC(C3)C1)C2)c1cc(Br)c(Br)s1. The van der Waals surface area contributed by atoms with Gasteiger partial charge in [-0.25, -0.2) is 0 Å². The molecule has 1 N–H and O–H groups in total. The standard InChI is InChI=1S/C15H17Br2NOS/c16-11-4-12(20-13(11)17)14(19)18-15-5-8-1-9(6-15)3-10(2-8)7-15/h4,8-10H,1-3,5-7H2,(H,18,19). The Bertz CT molecular complexity index is 513. The molecule has 20 heavy (non-hydrogen) atoms. The molecule has 0 aromatic carbocycles. The number of hydrogen-bond donors (Lipinski definition) is 1. The fourth-order valence-electron chi connectivity index (χ4n) is 5.02. The van der Waals surface area contributed by atoms with Gasteiger partial charge in [0.05, 0.1) is 8.66 Å². The van der Waals surface area contributed by atoms with Gasteiger partial charge in [-0.3, -0.25) is 4.79 Å². The lowest BCUT2D eigenvalue weighted by Gasteiger charge is -2.56. The van der Waals surface area contributed by atoms with E-state index in [0.717, 1.165) is 30.9 Å². The van der Waals surface area contributed by atoms with Crippen molar-refractivity contribution in [3.63, 3.8) is 0 Å². The number of hydrogen-bond acceptors (Lipinski definition) is 2. The molecule has 4 bridgehead atoms. The summed E-state index contributed by atoms with van der Waals surface area (Å²) in [6, 6.07) is 1.92. The van der Waals surface area contributed by atoms with Crippen molar-refractivity contribution in [2.24, 2.45) is 17.8 Å². The Morgan fingerprint density at radius 1 is 1.15 bits per heavy atom. The van der Waals surface area contributed by atoms with Crippen molar-refractivity contribution in [3.8, 4) is 0 Å². The summed E-state index contributed by atoms with van der Waals surface area (Å²) < 4.78 is 1.96. The van der Waals surface area contributed by atoms with Crippen molar-refractivity contribution in [2.45, 2.75) is 44.1 Å². The van der Waals surface area contributed by atoms with E-state index in [4.69, 9.17) is 0 Å². The summed E-state index contributed by atoms with van der Waals surface area (Å²) >= 11 is 8.44. The fourth-order valence-corrected chi connectivity index (χ4v) is 6.96. The van der Waals surface area contributed by atoms with Crippen LogP contribution in [0, 0.1) is 17.8 Å². The van der Waals surface area contributed by atoms with Crippen LogP contribution in [0.4, 0.5) is 0 Å². The smallest absolute Gasteiger partial charge is 0.261 e. The Balaban J connectivity index is 1.55. The highest BCUT2D eigenvalue weighted by Gasteiger charge is 2.51. The summed E-state index contributed by atoms with van der Waals surface area (Å²) in [7, 11) is 0. The molecule has 1 aromatic rings. The zero-order chi connectivity index (χ0) is 13.9. The lowest BCUT2D eigenvalue weighted by molar-refractivity contribution is -0.0166. The van der Waals surface area contributed by atoms with Gasteiger partial charge in [-0.05, 0) is 94.2 Å². The van der Waals surface area contributed by atoms with E-state index in [1.165, 1.54) is 49.9 Å². The minimum atomic E-state index is 0.106. The average Bonchev–Trinajstić information content (AvgIpc) is 2.67. The molecule has 0 spiro atoms. The van der Waals surface area contributed by atoms with Gasteiger partial charge in [-0.1, -0.05) is 0 Å². The third kappa shape index (κ3) is 2.30.